The van der Waals surface area contributed by atoms with Gasteiger partial charge in [0.25, 0.3) is 0 Å². The van der Waals surface area contributed by atoms with Crippen LogP contribution in [0.1, 0.15) is 51.6 Å². The maximum Gasteiger partial charge on any atom is 0.368 e. The number of benzene rings is 1. The molecule has 0 radical (unpaired) electrons. The summed E-state index contributed by atoms with van der Waals surface area (Å²) in [6, 6.07) is 7.11. The van der Waals surface area contributed by atoms with Crippen molar-refractivity contribution in [2.45, 2.75) is 51.6 Å². The average Bonchev–Trinajstić information content (AvgIpc) is 3.20. The fourth-order valence-electron chi connectivity index (χ4n) is 4.99. The van der Waals surface area contributed by atoms with Crippen LogP contribution in [0.4, 0.5) is 0 Å². The van der Waals surface area contributed by atoms with E-state index in [0.29, 0.717) is 18.7 Å². The minimum Gasteiger partial charge on any atom is -0.496 e. The molecule has 2 amide bonds. The SMILES string of the molecule is CCCC[C@]1(C(=O)OCC)[NH2+][C@@H](c2ccccc2OC)[C@H]2C(=O)N(CC)C(=O)[C@@H]21. The van der Waals surface area contributed by atoms with Gasteiger partial charge in [0.2, 0.25) is 17.4 Å². The molecule has 0 unspecified atom stereocenters. The van der Waals surface area contributed by atoms with Crippen LogP contribution in [-0.4, -0.2) is 48.5 Å². The van der Waals surface area contributed by atoms with Gasteiger partial charge in [0.05, 0.1) is 19.3 Å². The van der Waals surface area contributed by atoms with E-state index in [4.69, 9.17) is 9.47 Å². The van der Waals surface area contributed by atoms with Crippen LogP contribution in [0.5, 0.6) is 5.75 Å². The molecule has 1 aromatic rings. The number of ether oxygens (including phenoxy) is 2. The van der Waals surface area contributed by atoms with Crippen LogP contribution >= 0.6 is 0 Å². The van der Waals surface area contributed by atoms with E-state index in [9.17, 15) is 14.4 Å². The second-order valence-electron chi connectivity index (χ2n) is 7.72. The van der Waals surface area contributed by atoms with E-state index in [1.807, 2.05) is 36.5 Å². The lowest BCUT2D eigenvalue weighted by Crippen LogP contribution is -2.98. The Bertz CT molecular complexity index is 795. The molecule has 0 saturated carbocycles. The van der Waals surface area contributed by atoms with Gasteiger partial charge in [0.15, 0.2) is 0 Å². The van der Waals surface area contributed by atoms with E-state index in [1.54, 1.807) is 21.0 Å². The van der Waals surface area contributed by atoms with E-state index >= 15 is 0 Å². The number of hydrogen-bond donors (Lipinski definition) is 1. The highest BCUT2D eigenvalue weighted by atomic mass is 16.5. The van der Waals surface area contributed by atoms with Gasteiger partial charge in [-0.3, -0.25) is 14.5 Å². The van der Waals surface area contributed by atoms with E-state index < -0.39 is 23.3 Å². The summed E-state index contributed by atoms with van der Waals surface area (Å²) in [7, 11) is 1.58. The molecule has 29 heavy (non-hydrogen) atoms. The summed E-state index contributed by atoms with van der Waals surface area (Å²) in [5, 5.41) is 1.91. The predicted octanol–water partition coefficient (Wildman–Crippen LogP) is 1.43. The fourth-order valence-corrected chi connectivity index (χ4v) is 4.99. The summed E-state index contributed by atoms with van der Waals surface area (Å²) >= 11 is 0. The van der Waals surface area contributed by atoms with Gasteiger partial charge in [0, 0.05) is 13.0 Å². The topological polar surface area (TPSA) is 89.5 Å². The Morgan fingerprint density at radius 1 is 1.17 bits per heavy atom. The lowest BCUT2D eigenvalue weighted by atomic mass is 9.76. The molecule has 3 rings (SSSR count). The molecule has 1 aromatic carbocycles. The van der Waals surface area contributed by atoms with Gasteiger partial charge < -0.3 is 14.8 Å². The van der Waals surface area contributed by atoms with Crippen LogP contribution in [0, 0.1) is 11.8 Å². The first-order chi connectivity index (χ1) is 14.0. The molecule has 4 atom stereocenters. The number of fused-ring (bicyclic) bond motifs is 1. The number of nitrogens with two attached hydrogens (primary N) is 1. The van der Waals surface area contributed by atoms with Crippen LogP contribution in [0.25, 0.3) is 0 Å². The Morgan fingerprint density at radius 2 is 1.90 bits per heavy atom. The van der Waals surface area contributed by atoms with Crippen molar-refractivity contribution in [2.75, 3.05) is 20.3 Å². The number of carbonyl (C=O) groups excluding carboxylic acids is 3. The highest BCUT2D eigenvalue weighted by Crippen LogP contribution is 2.47. The third-order valence-electron chi connectivity index (χ3n) is 6.27. The van der Waals surface area contributed by atoms with Crippen molar-refractivity contribution in [3.63, 3.8) is 0 Å². The van der Waals surface area contributed by atoms with Crippen molar-refractivity contribution < 1.29 is 29.2 Å². The maximum atomic E-state index is 13.3. The number of likely N-dealkylation sites (tertiary alicyclic amines) is 1. The first-order valence-electron chi connectivity index (χ1n) is 10.5. The second-order valence-corrected chi connectivity index (χ2v) is 7.72. The van der Waals surface area contributed by atoms with Gasteiger partial charge in [-0.15, -0.1) is 0 Å². The lowest BCUT2D eigenvalue weighted by molar-refractivity contribution is -0.735. The van der Waals surface area contributed by atoms with Crippen molar-refractivity contribution in [1.29, 1.82) is 0 Å². The zero-order chi connectivity index (χ0) is 21.2. The van der Waals surface area contributed by atoms with E-state index in [2.05, 4.69) is 0 Å². The van der Waals surface area contributed by atoms with Crippen LogP contribution in [0.2, 0.25) is 0 Å². The number of rotatable bonds is 8. The number of carbonyl (C=O) groups is 3. The van der Waals surface area contributed by atoms with Gasteiger partial charge in [-0.05, 0) is 32.4 Å². The standard InChI is InChI=1S/C22H30N2O5/c1-5-8-13-22(21(27)29-7-3)17-16(19(25)24(6-2)20(17)26)18(23-22)14-11-9-10-12-15(14)28-4/h9-12,16-18,23H,5-8,13H2,1-4H3/p+1/t16-,17+,18-,22-/m0/s1. The minimum atomic E-state index is -1.10. The van der Waals surface area contributed by atoms with Crippen LogP contribution in [0.15, 0.2) is 24.3 Å². The first-order valence-corrected chi connectivity index (χ1v) is 10.5. The Labute approximate surface area is 171 Å². The predicted molar refractivity (Wildman–Crippen MR) is 106 cm³/mol. The molecule has 2 fully saturated rings. The Balaban J connectivity index is 2.16. The van der Waals surface area contributed by atoms with Gasteiger partial charge in [-0.25, -0.2) is 4.79 Å². The number of quaternary nitrogens is 1. The van der Waals surface area contributed by atoms with Crippen LogP contribution in [0.3, 0.4) is 0 Å². The van der Waals surface area contributed by atoms with Gasteiger partial charge in [-0.2, -0.15) is 0 Å². The Morgan fingerprint density at radius 3 is 2.52 bits per heavy atom. The van der Waals surface area contributed by atoms with E-state index in [0.717, 1.165) is 18.4 Å². The third kappa shape index (κ3) is 3.31. The zero-order valence-electron chi connectivity index (χ0n) is 17.6. The number of unbranched alkanes of at least 4 members (excludes halogenated alkanes) is 1. The molecule has 158 valence electrons. The van der Waals surface area contributed by atoms with Gasteiger partial charge in [0.1, 0.15) is 23.6 Å². The summed E-state index contributed by atoms with van der Waals surface area (Å²) in [5.41, 5.74) is -0.273. The molecule has 0 aliphatic carbocycles. The smallest absolute Gasteiger partial charge is 0.368 e. The fraction of sp³-hybridized carbons (Fsp3) is 0.591. The molecule has 7 heteroatoms. The summed E-state index contributed by atoms with van der Waals surface area (Å²) in [6.45, 7) is 6.13. The maximum absolute atomic E-state index is 13.3. The number of amides is 2. The van der Waals surface area contributed by atoms with Crippen molar-refractivity contribution in [1.82, 2.24) is 4.90 Å². The minimum absolute atomic E-state index is 0.211. The van der Waals surface area contributed by atoms with Crippen molar-refractivity contribution in [3.8, 4) is 5.75 Å². The number of para-hydroxylation sites is 1. The van der Waals surface area contributed by atoms with Crippen LogP contribution < -0.4 is 10.1 Å². The molecular weight excluding hydrogens is 372 g/mol. The molecule has 2 aliphatic heterocycles. The summed E-state index contributed by atoms with van der Waals surface area (Å²) in [6.07, 6.45) is 2.14. The molecule has 2 aliphatic rings. The number of nitrogens with zero attached hydrogens (tertiary/aromatic N) is 1. The number of hydrogen-bond acceptors (Lipinski definition) is 5. The molecular formula is C22H31N2O5+. The quantitative estimate of drug-likeness (QED) is 0.524. The van der Waals surface area contributed by atoms with E-state index in [-0.39, 0.29) is 24.5 Å². The Kier molecular flexibility index (Phi) is 6.27. The second kappa shape index (κ2) is 8.53. The molecule has 2 saturated heterocycles. The van der Waals surface area contributed by atoms with Crippen LogP contribution in [-0.2, 0) is 19.1 Å². The normalized spacial score (nSPS) is 28.6. The molecule has 2 heterocycles. The lowest BCUT2D eigenvalue weighted by Gasteiger charge is -2.29. The number of methoxy groups -OCH3 is 1. The van der Waals surface area contributed by atoms with Gasteiger partial charge in [-0.1, -0.05) is 25.5 Å². The first kappa shape index (κ1) is 21.3. The summed E-state index contributed by atoms with van der Waals surface area (Å²) in [4.78, 5) is 41.1. The van der Waals surface area contributed by atoms with Crippen molar-refractivity contribution in [3.05, 3.63) is 29.8 Å². The Hall–Kier alpha value is -2.41. The largest absolute Gasteiger partial charge is 0.496 e. The molecule has 0 aromatic heterocycles. The van der Waals surface area contributed by atoms with Crippen molar-refractivity contribution >= 4 is 17.8 Å². The number of esters is 1. The summed E-state index contributed by atoms with van der Waals surface area (Å²) < 4.78 is 11.0. The highest BCUT2D eigenvalue weighted by Gasteiger charge is 2.72. The monoisotopic (exact) mass is 403 g/mol. The molecule has 7 nitrogen and oxygen atoms in total. The third-order valence-corrected chi connectivity index (χ3v) is 6.27. The number of imide groups is 1. The molecule has 2 N–H and O–H groups in total. The average molecular weight is 403 g/mol. The molecule has 0 spiro atoms. The molecule has 0 bridgehead atoms. The zero-order valence-corrected chi connectivity index (χ0v) is 17.6. The van der Waals surface area contributed by atoms with Gasteiger partial charge >= 0.3 is 5.97 Å². The van der Waals surface area contributed by atoms with Crippen molar-refractivity contribution in [2.24, 2.45) is 11.8 Å². The highest BCUT2D eigenvalue weighted by molar-refractivity contribution is 6.08. The van der Waals surface area contributed by atoms with E-state index in [1.165, 1.54) is 4.90 Å². The summed E-state index contributed by atoms with van der Waals surface area (Å²) in [5.74, 6) is -1.56.